The van der Waals surface area contributed by atoms with Gasteiger partial charge in [0.2, 0.25) is 10.0 Å². The van der Waals surface area contributed by atoms with Crippen molar-refractivity contribution in [2.45, 2.75) is 18.1 Å². The van der Waals surface area contributed by atoms with Crippen LogP contribution in [-0.2, 0) is 10.0 Å². The van der Waals surface area contributed by atoms with Crippen molar-refractivity contribution in [2.24, 2.45) is 0 Å². The molecule has 1 aromatic rings. The zero-order chi connectivity index (χ0) is 14.3. The maximum atomic E-state index is 13.8. The number of pyridine rings is 1. The Morgan fingerprint density at radius 1 is 1.25 bits per heavy atom. The van der Waals surface area contributed by atoms with E-state index in [1.165, 1.54) is 10.4 Å². The monoisotopic (exact) mass is 363 g/mol. The third-order valence-electron chi connectivity index (χ3n) is 3.63. The van der Waals surface area contributed by atoms with Crippen molar-refractivity contribution in [2.75, 3.05) is 31.1 Å². The summed E-state index contributed by atoms with van der Waals surface area (Å²) in [6, 6.07) is 1.37. The van der Waals surface area contributed by atoms with Gasteiger partial charge in [-0.05, 0) is 34.8 Å². The lowest BCUT2D eigenvalue weighted by atomic mass is 10.3. The summed E-state index contributed by atoms with van der Waals surface area (Å²) in [6.45, 7) is 1.74. The average Bonchev–Trinajstić information content (AvgIpc) is 3.23. The fourth-order valence-electron chi connectivity index (χ4n) is 2.37. The second-order valence-electron chi connectivity index (χ2n) is 5.09. The van der Waals surface area contributed by atoms with E-state index in [0.29, 0.717) is 30.7 Å². The molecule has 2 fully saturated rings. The molecule has 0 bridgehead atoms. The molecule has 0 spiro atoms. The Morgan fingerprint density at radius 3 is 2.45 bits per heavy atom. The van der Waals surface area contributed by atoms with Crippen LogP contribution in [-0.4, -0.2) is 49.1 Å². The van der Waals surface area contributed by atoms with Gasteiger partial charge in [0, 0.05) is 36.8 Å². The van der Waals surface area contributed by atoms with Crippen molar-refractivity contribution in [1.82, 2.24) is 9.29 Å². The number of piperazine rings is 1. The van der Waals surface area contributed by atoms with Crippen molar-refractivity contribution in [1.29, 1.82) is 0 Å². The second-order valence-corrected chi connectivity index (χ2v) is 8.22. The van der Waals surface area contributed by atoms with Gasteiger partial charge in [0.15, 0.2) is 11.6 Å². The summed E-state index contributed by atoms with van der Waals surface area (Å²) in [5, 5.41) is -0.184. The normalized spacial score (nSPS) is 21.2. The molecule has 0 unspecified atom stereocenters. The molecule has 1 aliphatic heterocycles. The molecule has 1 aromatic heterocycles. The molecule has 0 atom stereocenters. The van der Waals surface area contributed by atoms with Gasteiger partial charge in [-0.15, -0.1) is 0 Å². The molecule has 0 aromatic carbocycles. The summed E-state index contributed by atoms with van der Waals surface area (Å²) >= 11 is 3.17. The number of anilines is 1. The van der Waals surface area contributed by atoms with Gasteiger partial charge in [-0.1, -0.05) is 0 Å². The zero-order valence-corrected chi connectivity index (χ0v) is 13.2. The number of rotatable bonds is 3. The first kappa shape index (κ1) is 14.2. The van der Waals surface area contributed by atoms with E-state index >= 15 is 0 Å². The van der Waals surface area contributed by atoms with E-state index < -0.39 is 15.8 Å². The highest BCUT2D eigenvalue weighted by Crippen LogP contribution is 2.32. The third kappa shape index (κ3) is 2.68. The highest BCUT2D eigenvalue weighted by molar-refractivity contribution is 9.10. The number of hydrogen-bond donors (Lipinski definition) is 0. The molecule has 0 amide bonds. The van der Waals surface area contributed by atoms with Crippen LogP contribution in [0.15, 0.2) is 16.7 Å². The first-order chi connectivity index (χ1) is 9.48. The third-order valence-corrected chi connectivity index (χ3v) is 6.46. The first-order valence-corrected chi connectivity index (χ1v) is 8.83. The van der Waals surface area contributed by atoms with E-state index in [0.717, 1.165) is 12.8 Å². The SMILES string of the molecule is O=S(=O)(C1CC1)N1CCN(c2ncc(Br)cc2F)CC1. The largest absolute Gasteiger partial charge is 0.352 e. The van der Waals surface area contributed by atoms with Crippen molar-refractivity contribution in [3.05, 3.63) is 22.6 Å². The molecule has 1 saturated carbocycles. The van der Waals surface area contributed by atoms with Crippen LogP contribution in [0.5, 0.6) is 0 Å². The van der Waals surface area contributed by atoms with Crippen molar-refractivity contribution < 1.29 is 12.8 Å². The lowest BCUT2D eigenvalue weighted by molar-refractivity contribution is 0.381. The quantitative estimate of drug-likeness (QED) is 0.818. The Hall–Kier alpha value is -0.730. The van der Waals surface area contributed by atoms with Gasteiger partial charge in [0.25, 0.3) is 0 Å². The predicted octanol–water partition coefficient (Wildman–Crippen LogP) is 1.60. The highest BCUT2D eigenvalue weighted by Gasteiger charge is 2.41. The maximum Gasteiger partial charge on any atom is 0.217 e. The molecule has 110 valence electrons. The fourth-order valence-corrected chi connectivity index (χ4v) is 4.50. The Bertz CT molecular complexity index is 613. The van der Waals surface area contributed by atoms with Crippen LogP contribution >= 0.6 is 15.9 Å². The summed E-state index contributed by atoms with van der Waals surface area (Å²) in [5.41, 5.74) is 0. The Balaban J connectivity index is 1.69. The number of aromatic nitrogens is 1. The summed E-state index contributed by atoms with van der Waals surface area (Å²) in [7, 11) is -3.13. The fraction of sp³-hybridized carbons (Fsp3) is 0.583. The summed E-state index contributed by atoms with van der Waals surface area (Å²) < 4.78 is 40.2. The standard InChI is InChI=1S/C12H15BrFN3O2S/c13-9-7-11(14)12(15-8-9)16-3-5-17(6-4-16)20(18,19)10-1-2-10/h7-8,10H,1-6H2. The zero-order valence-electron chi connectivity index (χ0n) is 10.8. The summed E-state index contributed by atoms with van der Waals surface area (Å²) in [5.74, 6) is -0.102. The van der Waals surface area contributed by atoms with Crippen LogP contribution in [0.1, 0.15) is 12.8 Å². The van der Waals surface area contributed by atoms with Gasteiger partial charge in [-0.2, -0.15) is 4.31 Å². The first-order valence-electron chi connectivity index (χ1n) is 6.53. The Morgan fingerprint density at radius 2 is 1.90 bits per heavy atom. The number of halogens is 2. The van der Waals surface area contributed by atoms with Gasteiger partial charge < -0.3 is 4.90 Å². The Kier molecular flexibility index (Phi) is 3.72. The topological polar surface area (TPSA) is 53.5 Å². The van der Waals surface area contributed by atoms with E-state index in [4.69, 9.17) is 0 Å². The van der Waals surface area contributed by atoms with Crippen LogP contribution in [0.25, 0.3) is 0 Å². The van der Waals surface area contributed by atoms with E-state index in [-0.39, 0.29) is 11.1 Å². The number of hydrogen-bond acceptors (Lipinski definition) is 4. The predicted molar refractivity (Wildman–Crippen MR) is 77.6 cm³/mol. The Labute approximate surface area is 126 Å². The van der Waals surface area contributed by atoms with Crippen LogP contribution in [0, 0.1) is 5.82 Å². The van der Waals surface area contributed by atoms with Gasteiger partial charge >= 0.3 is 0 Å². The van der Waals surface area contributed by atoms with E-state index in [1.807, 2.05) is 0 Å². The number of sulfonamides is 1. The highest BCUT2D eigenvalue weighted by atomic mass is 79.9. The minimum absolute atomic E-state index is 0.184. The molecular formula is C12H15BrFN3O2S. The molecule has 8 heteroatoms. The molecule has 3 rings (SSSR count). The summed E-state index contributed by atoms with van der Waals surface area (Å²) in [4.78, 5) is 5.86. The molecule has 0 radical (unpaired) electrons. The van der Waals surface area contributed by atoms with Crippen LogP contribution < -0.4 is 4.90 Å². The maximum absolute atomic E-state index is 13.8. The van der Waals surface area contributed by atoms with E-state index in [1.54, 1.807) is 11.1 Å². The molecular weight excluding hydrogens is 349 g/mol. The molecule has 1 aliphatic carbocycles. The van der Waals surface area contributed by atoms with E-state index in [9.17, 15) is 12.8 Å². The minimum atomic E-state index is -3.13. The average molecular weight is 364 g/mol. The molecule has 5 nitrogen and oxygen atoms in total. The molecule has 0 N–H and O–H groups in total. The van der Waals surface area contributed by atoms with Gasteiger partial charge in [0.1, 0.15) is 0 Å². The van der Waals surface area contributed by atoms with Crippen molar-refractivity contribution >= 4 is 31.8 Å². The van der Waals surface area contributed by atoms with Crippen LogP contribution in [0.3, 0.4) is 0 Å². The van der Waals surface area contributed by atoms with Gasteiger partial charge in [-0.3, -0.25) is 0 Å². The second kappa shape index (κ2) is 5.23. The lowest BCUT2D eigenvalue weighted by Gasteiger charge is -2.34. The van der Waals surface area contributed by atoms with E-state index in [2.05, 4.69) is 20.9 Å². The number of nitrogens with zero attached hydrogens (tertiary/aromatic N) is 3. The van der Waals surface area contributed by atoms with Crippen LogP contribution in [0.2, 0.25) is 0 Å². The molecule has 20 heavy (non-hydrogen) atoms. The molecule has 1 saturated heterocycles. The van der Waals surface area contributed by atoms with Crippen LogP contribution in [0.4, 0.5) is 10.2 Å². The van der Waals surface area contributed by atoms with Crippen molar-refractivity contribution in [3.63, 3.8) is 0 Å². The smallest absolute Gasteiger partial charge is 0.217 e. The summed E-state index contributed by atoms with van der Waals surface area (Å²) in [6.07, 6.45) is 3.09. The molecule has 2 heterocycles. The molecule has 2 aliphatic rings. The van der Waals surface area contributed by atoms with Gasteiger partial charge in [0.05, 0.1) is 5.25 Å². The van der Waals surface area contributed by atoms with Gasteiger partial charge in [-0.25, -0.2) is 17.8 Å². The minimum Gasteiger partial charge on any atom is -0.352 e. The van der Waals surface area contributed by atoms with Crippen molar-refractivity contribution in [3.8, 4) is 0 Å². The lowest BCUT2D eigenvalue weighted by Crippen LogP contribution is -2.50.